The lowest BCUT2D eigenvalue weighted by Gasteiger charge is -2.26. The van der Waals surface area contributed by atoms with E-state index < -0.39 is 0 Å². The molecule has 3 rings (SSSR count). The minimum Gasteiger partial charge on any atom is -0.378 e. The van der Waals surface area contributed by atoms with Crippen molar-refractivity contribution in [3.05, 3.63) is 42.1 Å². The third-order valence-electron chi connectivity index (χ3n) is 3.55. The van der Waals surface area contributed by atoms with Gasteiger partial charge in [-0.1, -0.05) is 41.7 Å². The molecule has 1 fully saturated rings. The van der Waals surface area contributed by atoms with Crippen molar-refractivity contribution in [3.8, 4) is 0 Å². The summed E-state index contributed by atoms with van der Waals surface area (Å²) in [5, 5.41) is 4.63. The van der Waals surface area contributed by atoms with Gasteiger partial charge in [0.1, 0.15) is 5.00 Å². The number of amides is 1. The molecule has 0 unspecified atom stereocenters. The second-order valence-corrected chi connectivity index (χ2v) is 6.15. The molecule has 116 valence electrons. The smallest absolute Gasteiger partial charge is 0.226 e. The van der Waals surface area contributed by atoms with Gasteiger partial charge in [0.2, 0.25) is 5.91 Å². The first-order valence-electron chi connectivity index (χ1n) is 7.43. The van der Waals surface area contributed by atoms with Crippen molar-refractivity contribution in [1.29, 1.82) is 0 Å². The van der Waals surface area contributed by atoms with Crippen LogP contribution >= 0.6 is 11.3 Å². The average Bonchev–Trinajstić information content (AvgIpc) is 3.03. The van der Waals surface area contributed by atoms with Gasteiger partial charge in [0, 0.05) is 19.5 Å². The van der Waals surface area contributed by atoms with Gasteiger partial charge < -0.3 is 15.0 Å². The van der Waals surface area contributed by atoms with Crippen molar-refractivity contribution in [1.82, 2.24) is 4.98 Å². The molecule has 1 aliphatic heterocycles. The highest BCUT2D eigenvalue weighted by molar-refractivity contribution is 7.19. The van der Waals surface area contributed by atoms with Crippen LogP contribution in [-0.4, -0.2) is 37.2 Å². The highest BCUT2D eigenvalue weighted by atomic mass is 32.1. The van der Waals surface area contributed by atoms with E-state index in [4.69, 9.17) is 4.74 Å². The van der Waals surface area contributed by atoms with Gasteiger partial charge in [0.15, 0.2) is 5.13 Å². The molecule has 1 aromatic heterocycles. The monoisotopic (exact) mass is 317 g/mol. The number of rotatable bonds is 5. The van der Waals surface area contributed by atoms with E-state index in [1.807, 2.05) is 36.5 Å². The number of carbonyl (C=O) groups excluding carboxylic acids is 1. The molecule has 1 saturated heterocycles. The molecule has 2 aromatic rings. The van der Waals surface area contributed by atoms with Crippen molar-refractivity contribution < 1.29 is 9.53 Å². The van der Waals surface area contributed by atoms with Crippen LogP contribution in [0, 0.1) is 0 Å². The van der Waals surface area contributed by atoms with Crippen LogP contribution in [0.3, 0.4) is 0 Å². The number of aryl methyl sites for hydroxylation is 1. The van der Waals surface area contributed by atoms with Gasteiger partial charge in [-0.05, 0) is 12.0 Å². The van der Waals surface area contributed by atoms with Crippen molar-refractivity contribution in [2.24, 2.45) is 0 Å². The van der Waals surface area contributed by atoms with Crippen molar-refractivity contribution >= 4 is 27.4 Å². The molecule has 0 saturated carbocycles. The minimum absolute atomic E-state index is 0.00623. The third-order valence-corrected chi connectivity index (χ3v) is 4.52. The Balaban J connectivity index is 1.50. The highest BCUT2D eigenvalue weighted by Crippen LogP contribution is 2.27. The van der Waals surface area contributed by atoms with E-state index in [1.54, 1.807) is 0 Å². The quantitative estimate of drug-likeness (QED) is 0.921. The predicted molar refractivity (Wildman–Crippen MR) is 88.5 cm³/mol. The summed E-state index contributed by atoms with van der Waals surface area (Å²) < 4.78 is 5.34. The fourth-order valence-corrected chi connectivity index (χ4v) is 3.22. The molecule has 1 N–H and O–H groups in total. The van der Waals surface area contributed by atoms with Gasteiger partial charge >= 0.3 is 0 Å². The summed E-state index contributed by atoms with van der Waals surface area (Å²) in [7, 11) is 0. The maximum atomic E-state index is 12.0. The lowest BCUT2D eigenvalue weighted by atomic mass is 10.1. The Morgan fingerprint density at radius 1 is 1.27 bits per heavy atom. The van der Waals surface area contributed by atoms with Gasteiger partial charge in [0.25, 0.3) is 0 Å². The average molecular weight is 317 g/mol. The zero-order chi connectivity index (χ0) is 15.2. The number of hydrogen-bond donors (Lipinski definition) is 1. The summed E-state index contributed by atoms with van der Waals surface area (Å²) >= 11 is 1.52. The molecule has 0 radical (unpaired) electrons. The molecular formula is C16H19N3O2S. The van der Waals surface area contributed by atoms with Crippen LogP contribution in [0.25, 0.3) is 0 Å². The van der Waals surface area contributed by atoms with Gasteiger partial charge in [-0.2, -0.15) is 0 Å². The Labute approximate surface area is 133 Å². The van der Waals surface area contributed by atoms with E-state index in [0.29, 0.717) is 11.6 Å². The summed E-state index contributed by atoms with van der Waals surface area (Å²) in [6.07, 6.45) is 3.04. The molecule has 6 heteroatoms. The molecule has 0 bridgehead atoms. The zero-order valence-electron chi connectivity index (χ0n) is 12.3. The Bertz CT molecular complexity index is 609. The number of thiazole rings is 1. The van der Waals surface area contributed by atoms with Crippen LogP contribution in [0.5, 0.6) is 0 Å². The van der Waals surface area contributed by atoms with Gasteiger partial charge in [-0.25, -0.2) is 4.98 Å². The molecule has 2 heterocycles. The number of ether oxygens (including phenoxy) is 1. The number of nitrogens with one attached hydrogen (secondary N) is 1. The molecular weight excluding hydrogens is 298 g/mol. The number of morpholine rings is 1. The molecule has 0 aliphatic carbocycles. The first-order valence-corrected chi connectivity index (χ1v) is 8.25. The van der Waals surface area contributed by atoms with Crippen LogP contribution < -0.4 is 10.2 Å². The lowest BCUT2D eigenvalue weighted by molar-refractivity contribution is -0.116. The molecule has 22 heavy (non-hydrogen) atoms. The van der Waals surface area contributed by atoms with E-state index in [1.165, 1.54) is 16.9 Å². The van der Waals surface area contributed by atoms with Crippen LogP contribution in [0.4, 0.5) is 10.1 Å². The van der Waals surface area contributed by atoms with E-state index in [9.17, 15) is 4.79 Å². The molecule has 1 aromatic carbocycles. The largest absolute Gasteiger partial charge is 0.378 e. The number of aromatic nitrogens is 1. The maximum Gasteiger partial charge on any atom is 0.226 e. The highest BCUT2D eigenvalue weighted by Gasteiger charge is 2.15. The van der Waals surface area contributed by atoms with Gasteiger partial charge in [0.05, 0.1) is 19.4 Å². The van der Waals surface area contributed by atoms with Crippen molar-refractivity contribution in [2.75, 3.05) is 36.5 Å². The lowest BCUT2D eigenvalue weighted by Crippen LogP contribution is -2.35. The number of benzene rings is 1. The van der Waals surface area contributed by atoms with E-state index in [-0.39, 0.29) is 5.91 Å². The zero-order valence-corrected chi connectivity index (χ0v) is 13.1. The predicted octanol–water partition coefficient (Wildman–Crippen LogP) is 2.55. The molecule has 0 spiro atoms. The third kappa shape index (κ3) is 4.05. The molecule has 5 nitrogen and oxygen atoms in total. The van der Waals surface area contributed by atoms with Gasteiger partial charge in [-0.15, -0.1) is 0 Å². The van der Waals surface area contributed by atoms with Crippen LogP contribution in [-0.2, 0) is 16.0 Å². The Morgan fingerprint density at radius 3 is 2.82 bits per heavy atom. The fraction of sp³-hybridized carbons (Fsp3) is 0.375. The summed E-state index contributed by atoms with van der Waals surface area (Å²) in [6.45, 7) is 3.25. The van der Waals surface area contributed by atoms with Crippen LogP contribution in [0.2, 0.25) is 0 Å². The number of anilines is 2. The summed E-state index contributed by atoms with van der Waals surface area (Å²) in [5.41, 5.74) is 1.17. The van der Waals surface area contributed by atoms with Crippen molar-refractivity contribution in [3.63, 3.8) is 0 Å². The summed E-state index contributed by atoms with van der Waals surface area (Å²) in [6, 6.07) is 10.0. The van der Waals surface area contributed by atoms with E-state index in [0.717, 1.165) is 37.7 Å². The first kappa shape index (κ1) is 15.0. The van der Waals surface area contributed by atoms with E-state index in [2.05, 4.69) is 15.2 Å². The standard InChI is InChI=1S/C16H19N3O2S/c20-14(7-6-13-4-2-1-3-5-13)18-16-17-12-15(22-16)19-8-10-21-11-9-19/h1-5,12H,6-11H2,(H,17,18,20). The van der Waals surface area contributed by atoms with Crippen molar-refractivity contribution in [2.45, 2.75) is 12.8 Å². The Morgan fingerprint density at radius 2 is 2.05 bits per heavy atom. The van der Waals surface area contributed by atoms with Crippen LogP contribution in [0.15, 0.2) is 36.5 Å². The molecule has 1 amide bonds. The number of hydrogen-bond acceptors (Lipinski definition) is 5. The summed E-state index contributed by atoms with van der Waals surface area (Å²) in [4.78, 5) is 18.5. The fourth-order valence-electron chi connectivity index (χ4n) is 2.34. The topological polar surface area (TPSA) is 54.5 Å². The number of carbonyl (C=O) groups is 1. The summed E-state index contributed by atoms with van der Waals surface area (Å²) in [5.74, 6) is 0.00623. The second-order valence-electron chi connectivity index (χ2n) is 5.14. The van der Waals surface area contributed by atoms with Crippen LogP contribution in [0.1, 0.15) is 12.0 Å². The van der Waals surface area contributed by atoms with E-state index >= 15 is 0 Å². The maximum absolute atomic E-state index is 12.0. The Hall–Kier alpha value is -1.92. The normalized spacial score (nSPS) is 14.8. The second kappa shape index (κ2) is 7.38. The molecule has 1 aliphatic rings. The van der Waals surface area contributed by atoms with Gasteiger partial charge in [-0.3, -0.25) is 4.79 Å². The number of nitrogens with zero attached hydrogens (tertiary/aromatic N) is 2. The molecule has 0 atom stereocenters. The minimum atomic E-state index is 0.00623. The first-order chi connectivity index (χ1) is 10.8. The Kier molecular flexibility index (Phi) is 5.03. The SMILES string of the molecule is O=C(CCc1ccccc1)Nc1ncc(N2CCOCC2)s1.